The molecule has 2 N–H and O–H groups in total. The van der Waals surface area contributed by atoms with Gasteiger partial charge >= 0.3 is 5.97 Å². The van der Waals surface area contributed by atoms with E-state index in [9.17, 15) is 19.5 Å². The lowest BCUT2D eigenvalue weighted by Crippen LogP contribution is -2.55. The summed E-state index contributed by atoms with van der Waals surface area (Å²) in [5, 5.41) is 13.7. The van der Waals surface area contributed by atoms with Crippen molar-refractivity contribution in [3.63, 3.8) is 0 Å². The van der Waals surface area contributed by atoms with Crippen LogP contribution in [0.15, 0.2) is 42.5 Å². The molecule has 2 aliphatic rings. The summed E-state index contributed by atoms with van der Waals surface area (Å²) in [5.74, 6) is -3.04. The fourth-order valence-electron chi connectivity index (χ4n) is 6.54. The number of benzene rings is 1. The smallest absolute Gasteiger partial charge is 0.310 e. The Morgan fingerprint density at radius 3 is 2.27 bits per heavy atom. The maximum atomic E-state index is 14.2. The van der Waals surface area contributed by atoms with E-state index in [4.69, 9.17) is 4.74 Å². The van der Waals surface area contributed by atoms with E-state index in [1.165, 1.54) is 4.90 Å². The van der Waals surface area contributed by atoms with Crippen molar-refractivity contribution in [2.45, 2.75) is 78.9 Å². The van der Waals surface area contributed by atoms with Crippen LogP contribution in [0.2, 0.25) is 0 Å². The van der Waals surface area contributed by atoms with Crippen molar-refractivity contribution in [1.82, 2.24) is 10.2 Å². The number of likely N-dealkylation sites (tertiary alicyclic amines) is 1. The van der Waals surface area contributed by atoms with Gasteiger partial charge in [-0.1, -0.05) is 70.2 Å². The van der Waals surface area contributed by atoms with Crippen molar-refractivity contribution in [1.29, 1.82) is 0 Å². The molecule has 3 rings (SSSR count). The second-order valence-electron chi connectivity index (χ2n) is 12.2. The summed E-state index contributed by atoms with van der Waals surface area (Å²) in [6.07, 6.45) is 5.32. The lowest BCUT2D eigenvalue weighted by molar-refractivity contribution is -0.156. The summed E-state index contributed by atoms with van der Waals surface area (Å²) in [6.45, 7) is 14.0. The van der Waals surface area contributed by atoms with E-state index in [1.54, 1.807) is 6.92 Å². The summed E-state index contributed by atoms with van der Waals surface area (Å²) in [5.41, 5.74) is 0.206. The van der Waals surface area contributed by atoms with E-state index in [0.717, 1.165) is 12.0 Å². The number of nitrogens with one attached hydrogen (secondary N) is 1. The van der Waals surface area contributed by atoms with Crippen LogP contribution in [0.25, 0.3) is 0 Å². The quantitative estimate of drug-likeness (QED) is 0.381. The standard InChI is InChI=1S/C30H44N2O5/c1-8-19-15-16-21-24(23(19)28(36)37-9-2)27(35)32(22(17-33)20-13-11-10-12-14-20)25(21)26(34)31-30(6,7)18-29(3,4)5/h10-16,19,21-25,33H,8-9,17-18H2,1-7H3,(H,31,34)/t19-,21+,22-,23-,24+,25+/m1/s1. The summed E-state index contributed by atoms with van der Waals surface area (Å²) in [7, 11) is 0. The van der Waals surface area contributed by atoms with Crippen molar-refractivity contribution in [2.75, 3.05) is 13.2 Å². The summed E-state index contributed by atoms with van der Waals surface area (Å²) < 4.78 is 5.41. The average molecular weight is 513 g/mol. The highest BCUT2D eigenvalue weighted by atomic mass is 16.5. The molecule has 204 valence electrons. The van der Waals surface area contributed by atoms with Gasteiger partial charge in [-0.15, -0.1) is 0 Å². The third kappa shape index (κ3) is 6.25. The van der Waals surface area contributed by atoms with Crippen molar-refractivity contribution in [3.05, 3.63) is 48.0 Å². The van der Waals surface area contributed by atoms with Crippen LogP contribution < -0.4 is 5.32 Å². The van der Waals surface area contributed by atoms with Gasteiger partial charge in [0.25, 0.3) is 0 Å². The average Bonchev–Trinajstić information content (AvgIpc) is 3.10. The lowest BCUT2D eigenvalue weighted by Gasteiger charge is -2.38. The number of hydrogen-bond acceptors (Lipinski definition) is 5. The predicted molar refractivity (Wildman–Crippen MR) is 143 cm³/mol. The zero-order chi connectivity index (χ0) is 27.5. The number of carbonyl (C=O) groups is 3. The molecule has 1 heterocycles. The van der Waals surface area contributed by atoms with E-state index in [1.807, 2.05) is 63.3 Å². The Morgan fingerprint density at radius 2 is 1.73 bits per heavy atom. The molecule has 1 saturated heterocycles. The molecule has 1 aromatic rings. The second kappa shape index (κ2) is 11.4. The van der Waals surface area contributed by atoms with Crippen LogP contribution >= 0.6 is 0 Å². The summed E-state index contributed by atoms with van der Waals surface area (Å²) >= 11 is 0. The van der Waals surface area contributed by atoms with Crippen LogP contribution in [0.5, 0.6) is 0 Å². The van der Waals surface area contributed by atoms with Gasteiger partial charge in [-0.25, -0.2) is 0 Å². The highest BCUT2D eigenvalue weighted by Gasteiger charge is 2.59. The van der Waals surface area contributed by atoms with Crippen LogP contribution in [0, 0.1) is 29.1 Å². The maximum absolute atomic E-state index is 14.2. The molecule has 7 nitrogen and oxygen atoms in total. The van der Waals surface area contributed by atoms with E-state index in [2.05, 4.69) is 26.1 Å². The molecule has 1 aliphatic carbocycles. The Bertz CT molecular complexity index is 997. The van der Waals surface area contributed by atoms with Crippen LogP contribution in [-0.4, -0.2) is 52.6 Å². The van der Waals surface area contributed by atoms with Crippen LogP contribution in [0.3, 0.4) is 0 Å². The second-order valence-corrected chi connectivity index (χ2v) is 12.2. The number of fused-ring (bicyclic) bond motifs is 1. The van der Waals surface area contributed by atoms with Crippen LogP contribution in [0.1, 0.15) is 72.9 Å². The number of ether oxygens (including phenoxy) is 1. The highest BCUT2D eigenvalue weighted by Crippen LogP contribution is 2.48. The van der Waals surface area contributed by atoms with Gasteiger partial charge < -0.3 is 20.1 Å². The Hall–Kier alpha value is -2.67. The number of rotatable bonds is 9. The molecule has 0 aromatic heterocycles. The van der Waals surface area contributed by atoms with Crippen molar-refractivity contribution >= 4 is 17.8 Å². The molecule has 0 unspecified atom stereocenters. The van der Waals surface area contributed by atoms with Gasteiger partial charge in [0.05, 0.1) is 31.1 Å². The van der Waals surface area contributed by atoms with Gasteiger partial charge in [-0.2, -0.15) is 0 Å². The van der Waals surface area contributed by atoms with Crippen LogP contribution in [-0.2, 0) is 19.1 Å². The first kappa shape index (κ1) is 28.9. The molecule has 2 amide bonds. The fraction of sp³-hybridized carbons (Fsp3) is 0.633. The predicted octanol–water partition coefficient (Wildman–Crippen LogP) is 4.27. The molecule has 37 heavy (non-hydrogen) atoms. The minimum absolute atomic E-state index is 0.0176. The normalized spacial score (nSPS) is 26.5. The molecule has 1 fully saturated rings. The van der Waals surface area contributed by atoms with Gasteiger partial charge in [0.2, 0.25) is 11.8 Å². The monoisotopic (exact) mass is 512 g/mol. The number of allylic oxidation sites excluding steroid dienone is 1. The minimum atomic E-state index is -0.861. The zero-order valence-electron chi connectivity index (χ0n) is 23.4. The maximum Gasteiger partial charge on any atom is 0.310 e. The zero-order valence-corrected chi connectivity index (χ0v) is 23.4. The fourth-order valence-corrected chi connectivity index (χ4v) is 6.54. The van der Waals surface area contributed by atoms with E-state index in [-0.39, 0.29) is 36.4 Å². The first-order valence-corrected chi connectivity index (χ1v) is 13.5. The molecule has 6 atom stereocenters. The number of esters is 1. The van der Waals surface area contributed by atoms with Crippen molar-refractivity contribution in [2.24, 2.45) is 29.1 Å². The molecular formula is C30H44N2O5. The number of hydrogen-bond donors (Lipinski definition) is 2. The number of carbonyl (C=O) groups excluding carboxylic acids is 3. The lowest BCUT2D eigenvalue weighted by atomic mass is 9.69. The summed E-state index contributed by atoms with van der Waals surface area (Å²) in [6, 6.07) is 7.69. The molecular weight excluding hydrogens is 468 g/mol. The molecule has 0 bridgehead atoms. The van der Waals surface area contributed by atoms with E-state index >= 15 is 0 Å². The highest BCUT2D eigenvalue weighted by molar-refractivity contribution is 5.96. The van der Waals surface area contributed by atoms with Gasteiger partial charge in [0.15, 0.2) is 0 Å². The van der Waals surface area contributed by atoms with Gasteiger partial charge in [-0.05, 0) is 50.5 Å². The number of amides is 2. The van der Waals surface area contributed by atoms with Gasteiger partial charge in [0, 0.05) is 11.5 Å². The Balaban J connectivity index is 2.09. The molecule has 1 aromatic carbocycles. The van der Waals surface area contributed by atoms with Crippen LogP contribution in [0.4, 0.5) is 0 Å². The van der Waals surface area contributed by atoms with E-state index < -0.39 is 41.3 Å². The number of nitrogens with zero attached hydrogens (tertiary/aromatic N) is 1. The topological polar surface area (TPSA) is 95.9 Å². The SMILES string of the molecule is CCOC(=O)[C@H]1[C@H]2C(=O)N([C@H](CO)c3ccccc3)[C@H](C(=O)NC(C)(C)CC(C)(C)C)[C@H]2C=C[C@H]1CC. The Labute approximate surface area is 221 Å². The molecule has 1 aliphatic heterocycles. The molecule has 0 spiro atoms. The third-order valence-electron chi connectivity index (χ3n) is 7.47. The molecule has 0 radical (unpaired) electrons. The molecule has 0 saturated carbocycles. The van der Waals surface area contributed by atoms with Gasteiger partial charge in [0.1, 0.15) is 6.04 Å². The van der Waals surface area contributed by atoms with E-state index in [0.29, 0.717) is 6.42 Å². The Kier molecular flexibility index (Phi) is 8.89. The minimum Gasteiger partial charge on any atom is -0.466 e. The summed E-state index contributed by atoms with van der Waals surface area (Å²) in [4.78, 5) is 42.9. The van der Waals surface area contributed by atoms with Gasteiger partial charge in [-0.3, -0.25) is 14.4 Å². The Morgan fingerprint density at radius 1 is 1.08 bits per heavy atom. The number of aliphatic hydroxyl groups excluding tert-OH is 1. The van der Waals surface area contributed by atoms with Crippen molar-refractivity contribution in [3.8, 4) is 0 Å². The van der Waals surface area contributed by atoms with Crippen molar-refractivity contribution < 1.29 is 24.2 Å². The first-order valence-electron chi connectivity index (χ1n) is 13.5. The first-order chi connectivity index (χ1) is 17.3. The number of aliphatic hydroxyl groups is 1. The third-order valence-corrected chi connectivity index (χ3v) is 7.47. The molecule has 7 heteroatoms. The largest absolute Gasteiger partial charge is 0.466 e.